The smallest absolute Gasteiger partial charge is 0.244 e. The van der Waals surface area contributed by atoms with Gasteiger partial charge in [-0.2, -0.15) is 5.26 Å². The SMILES string of the molecule is N#Cc1cnc2cc(OC3CCOC3)c(CNC(=O)C=C3CCNCC3)cc2c1Nc1ccc(OCc2ccccc2F)c(Cl)c1. The van der Waals surface area contributed by atoms with Crippen molar-refractivity contribution in [1.29, 1.82) is 5.26 Å². The second-order valence-electron chi connectivity index (χ2n) is 11.2. The number of benzene rings is 3. The summed E-state index contributed by atoms with van der Waals surface area (Å²) in [6.07, 6.45) is 5.54. The van der Waals surface area contributed by atoms with Crippen LogP contribution >= 0.6 is 11.6 Å². The number of nitrogens with one attached hydrogen (secondary N) is 3. The first-order valence-electron chi connectivity index (χ1n) is 15.2. The van der Waals surface area contributed by atoms with E-state index < -0.39 is 0 Å². The van der Waals surface area contributed by atoms with Crippen molar-refractivity contribution in [3.05, 3.63) is 100.0 Å². The van der Waals surface area contributed by atoms with Crippen LogP contribution in [-0.4, -0.2) is 43.3 Å². The van der Waals surface area contributed by atoms with Gasteiger partial charge in [0.15, 0.2) is 0 Å². The molecule has 1 atom stereocenters. The first-order chi connectivity index (χ1) is 22.5. The number of nitriles is 1. The zero-order chi connectivity index (χ0) is 31.9. The van der Waals surface area contributed by atoms with Gasteiger partial charge < -0.3 is 30.2 Å². The first kappa shape index (κ1) is 31.3. The predicted octanol–water partition coefficient (Wildman–Crippen LogP) is 6.32. The number of hydrogen-bond acceptors (Lipinski definition) is 8. The molecule has 6 rings (SSSR count). The molecule has 11 heteroatoms. The zero-order valence-corrected chi connectivity index (χ0v) is 25.8. The lowest BCUT2D eigenvalue weighted by molar-refractivity contribution is -0.116. The molecule has 3 heterocycles. The summed E-state index contributed by atoms with van der Waals surface area (Å²) < 4.78 is 31.7. The molecular weight excluding hydrogens is 609 g/mol. The topological polar surface area (TPSA) is 118 Å². The highest BCUT2D eigenvalue weighted by atomic mass is 35.5. The highest BCUT2D eigenvalue weighted by Gasteiger charge is 2.21. The predicted molar refractivity (Wildman–Crippen MR) is 174 cm³/mol. The van der Waals surface area contributed by atoms with Gasteiger partial charge in [0.1, 0.15) is 36.1 Å². The maximum absolute atomic E-state index is 14.0. The van der Waals surface area contributed by atoms with E-state index in [4.69, 9.17) is 25.8 Å². The van der Waals surface area contributed by atoms with E-state index >= 15 is 0 Å². The molecule has 0 spiro atoms. The van der Waals surface area contributed by atoms with Crippen LogP contribution in [0.2, 0.25) is 5.02 Å². The fraction of sp³-hybridized carbons (Fsp3) is 0.286. The number of anilines is 2. The molecule has 1 unspecified atom stereocenters. The third-order valence-corrected chi connectivity index (χ3v) is 8.22. The molecular formula is C35H33ClFN5O4. The Morgan fingerprint density at radius 1 is 1.15 bits per heavy atom. The molecule has 2 aliphatic heterocycles. The maximum Gasteiger partial charge on any atom is 0.244 e. The number of carbonyl (C=O) groups is 1. The molecule has 3 aromatic carbocycles. The lowest BCUT2D eigenvalue weighted by Gasteiger charge is -2.19. The van der Waals surface area contributed by atoms with Crippen molar-refractivity contribution in [2.75, 3.05) is 31.6 Å². The van der Waals surface area contributed by atoms with E-state index in [1.807, 2.05) is 12.1 Å². The number of aromatic nitrogens is 1. The van der Waals surface area contributed by atoms with Crippen LogP contribution in [0.4, 0.5) is 15.8 Å². The Balaban J connectivity index is 1.28. The van der Waals surface area contributed by atoms with Gasteiger partial charge in [-0.15, -0.1) is 0 Å². The van der Waals surface area contributed by atoms with Gasteiger partial charge in [0.25, 0.3) is 0 Å². The quantitative estimate of drug-likeness (QED) is 0.172. The molecule has 4 aromatic rings. The molecule has 3 N–H and O–H groups in total. The molecule has 9 nitrogen and oxygen atoms in total. The van der Waals surface area contributed by atoms with E-state index in [1.165, 1.54) is 12.3 Å². The number of nitrogens with zero attached hydrogens (tertiary/aromatic N) is 2. The first-order valence-corrected chi connectivity index (χ1v) is 15.6. The summed E-state index contributed by atoms with van der Waals surface area (Å²) in [7, 11) is 0. The Morgan fingerprint density at radius 2 is 2.00 bits per heavy atom. The summed E-state index contributed by atoms with van der Waals surface area (Å²) in [5.74, 6) is 0.473. The van der Waals surface area contributed by atoms with Crippen molar-refractivity contribution in [2.24, 2.45) is 0 Å². The Hall–Kier alpha value is -4.69. The van der Waals surface area contributed by atoms with Crippen LogP contribution in [-0.2, 0) is 22.7 Å². The summed E-state index contributed by atoms with van der Waals surface area (Å²) in [4.78, 5) is 17.4. The molecule has 46 heavy (non-hydrogen) atoms. The number of ether oxygens (including phenoxy) is 3. The summed E-state index contributed by atoms with van der Waals surface area (Å²) in [6, 6.07) is 17.5. The van der Waals surface area contributed by atoms with Gasteiger partial charge in [-0.05, 0) is 56.3 Å². The van der Waals surface area contributed by atoms with E-state index in [-0.39, 0.29) is 31.0 Å². The van der Waals surface area contributed by atoms with Crippen molar-refractivity contribution < 1.29 is 23.4 Å². The molecule has 2 aliphatic rings. The number of pyridine rings is 1. The average Bonchev–Trinajstić information content (AvgIpc) is 3.58. The van der Waals surface area contributed by atoms with Crippen LogP contribution in [0.25, 0.3) is 10.9 Å². The lowest BCUT2D eigenvalue weighted by atomic mass is 10.0. The fourth-order valence-corrected chi connectivity index (χ4v) is 5.67. The Morgan fingerprint density at radius 3 is 2.76 bits per heavy atom. The lowest BCUT2D eigenvalue weighted by Crippen LogP contribution is -2.26. The second kappa shape index (κ2) is 14.6. The number of fused-ring (bicyclic) bond motifs is 1. The number of carbonyl (C=O) groups excluding carboxylic acids is 1. The summed E-state index contributed by atoms with van der Waals surface area (Å²) in [5.41, 5.74) is 4.35. The largest absolute Gasteiger partial charge is 0.487 e. The zero-order valence-electron chi connectivity index (χ0n) is 25.1. The van der Waals surface area contributed by atoms with Crippen LogP contribution < -0.4 is 25.4 Å². The molecule has 2 saturated heterocycles. The van der Waals surface area contributed by atoms with Crippen LogP contribution in [0.5, 0.6) is 11.5 Å². The van der Waals surface area contributed by atoms with E-state index in [0.29, 0.717) is 63.1 Å². The standard InChI is InChI=1S/C35H33ClFN5O4/c36-29-15-26(5-6-32(29)45-20-23-3-1-2-4-30(23)37)42-35-25(17-38)19-40-31-16-33(46-27-9-12-44-21-27)24(14-28(31)35)18-41-34(43)13-22-7-10-39-11-8-22/h1-6,13-16,19,27,39H,7-12,18,20-21H2,(H,40,42)(H,41,43). The molecule has 236 valence electrons. The van der Waals surface area contributed by atoms with Gasteiger partial charge in [-0.25, -0.2) is 4.39 Å². The molecule has 0 bridgehead atoms. The minimum absolute atomic E-state index is 0.0256. The molecule has 0 aliphatic carbocycles. The van der Waals surface area contributed by atoms with Gasteiger partial charge in [0.2, 0.25) is 5.91 Å². The number of halogens is 2. The van der Waals surface area contributed by atoms with Crippen molar-refractivity contribution >= 4 is 39.8 Å². The number of rotatable bonds is 10. The Bertz CT molecular complexity index is 1810. The maximum atomic E-state index is 14.0. The van der Waals surface area contributed by atoms with Gasteiger partial charge in [-0.3, -0.25) is 9.78 Å². The van der Waals surface area contributed by atoms with E-state index in [2.05, 4.69) is 27.0 Å². The molecule has 1 aromatic heterocycles. The minimum atomic E-state index is -0.353. The van der Waals surface area contributed by atoms with Crippen LogP contribution in [0, 0.1) is 17.1 Å². The van der Waals surface area contributed by atoms with Crippen LogP contribution in [0.3, 0.4) is 0 Å². The third-order valence-electron chi connectivity index (χ3n) is 7.93. The number of amides is 1. The van der Waals surface area contributed by atoms with E-state index in [1.54, 1.807) is 42.5 Å². The van der Waals surface area contributed by atoms with Gasteiger partial charge >= 0.3 is 0 Å². The summed E-state index contributed by atoms with van der Waals surface area (Å²) in [5, 5.41) is 20.6. The second-order valence-corrected chi connectivity index (χ2v) is 11.6. The molecule has 0 radical (unpaired) electrons. The summed E-state index contributed by atoms with van der Waals surface area (Å²) >= 11 is 6.55. The summed E-state index contributed by atoms with van der Waals surface area (Å²) in [6.45, 7) is 3.08. The Kier molecular flexibility index (Phi) is 9.94. The van der Waals surface area contributed by atoms with Gasteiger partial charge in [-0.1, -0.05) is 35.4 Å². The van der Waals surface area contributed by atoms with Gasteiger partial charge in [0.05, 0.1) is 35.0 Å². The Labute approximate surface area is 271 Å². The minimum Gasteiger partial charge on any atom is -0.487 e. The van der Waals surface area contributed by atoms with Crippen molar-refractivity contribution in [3.63, 3.8) is 0 Å². The molecule has 0 saturated carbocycles. The third kappa shape index (κ3) is 7.57. The number of piperidine rings is 1. The normalized spacial score (nSPS) is 16.1. The van der Waals surface area contributed by atoms with Crippen molar-refractivity contribution in [3.8, 4) is 17.6 Å². The van der Waals surface area contributed by atoms with Crippen molar-refractivity contribution in [1.82, 2.24) is 15.6 Å². The van der Waals surface area contributed by atoms with E-state index in [0.717, 1.165) is 43.5 Å². The van der Waals surface area contributed by atoms with Crippen LogP contribution in [0.15, 0.2) is 72.4 Å². The molecule has 2 fully saturated rings. The van der Waals surface area contributed by atoms with Crippen molar-refractivity contribution in [2.45, 2.75) is 38.5 Å². The van der Waals surface area contributed by atoms with Crippen LogP contribution in [0.1, 0.15) is 36.0 Å². The van der Waals surface area contributed by atoms with E-state index in [9.17, 15) is 14.4 Å². The highest BCUT2D eigenvalue weighted by Crippen LogP contribution is 2.36. The average molecular weight is 642 g/mol. The molecule has 1 amide bonds. The number of hydrogen-bond donors (Lipinski definition) is 3. The fourth-order valence-electron chi connectivity index (χ4n) is 5.44. The van der Waals surface area contributed by atoms with Gasteiger partial charge in [0, 0.05) is 53.5 Å². The monoisotopic (exact) mass is 641 g/mol. The highest BCUT2D eigenvalue weighted by molar-refractivity contribution is 6.32.